The number of carboxylic acids is 1. The molecule has 1 heterocycles. The van der Waals surface area contributed by atoms with E-state index in [1.54, 1.807) is 11.3 Å². The average Bonchev–Trinajstić information content (AvgIpc) is 3.43. The van der Waals surface area contributed by atoms with Crippen LogP contribution >= 0.6 is 19.5 Å². The average molecular weight is 596 g/mol. The van der Waals surface area contributed by atoms with Crippen LogP contribution in [-0.2, 0) is 28.9 Å². The highest BCUT2D eigenvalue weighted by atomic mass is 32.1. The minimum atomic E-state index is -1.43. The lowest BCUT2D eigenvalue weighted by Gasteiger charge is -2.23. The predicted molar refractivity (Wildman–Crippen MR) is 173 cm³/mol. The van der Waals surface area contributed by atoms with Crippen molar-refractivity contribution in [2.75, 3.05) is 12.3 Å². The number of benzene rings is 4. The lowest BCUT2D eigenvalue weighted by atomic mass is 9.96. The second kappa shape index (κ2) is 14.4. The van der Waals surface area contributed by atoms with Crippen LogP contribution in [0.3, 0.4) is 0 Å². The zero-order valence-corrected chi connectivity index (χ0v) is 24.9. The molecule has 42 heavy (non-hydrogen) atoms. The van der Waals surface area contributed by atoms with Crippen molar-refractivity contribution in [2.45, 2.75) is 25.3 Å². The van der Waals surface area contributed by atoms with Gasteiger partial charge < -0.3 is 15.3 Å². The zero-order chi connectivity index (χ0) is 29.3. The van der Waals surface area contributed by atoms with E-state index >= 15 is 0 Å². The topological polar surface area (TPSA) is 86.6 Å². The lowest BCUT2D eigenvalue weighted by molar-refractivity contribution is -0.142. The highest BCUT2D eigenvalue weighted by molar-refractivity contribution is 7.51. The molecular weight excluding hydrogens is 561 g/mol. The molecule has 0 aliphatic rings. The molecule has 5 aromatic rings. The molecule has 0 bridgehead atoms. The quantitative estimate of drug-likeness (QED) is 0.126. The second-order valence-corrected chi connectivity index (χ2v) is 13.2. The third-order valence-corrected chi connectivity index (χ3v) is 10.1. The standard InChI is InChI=1S/C35H34NO4PS/c37-34(36-32(35(38)39)22-30-24-42-33-14-8-7-13-31(30)33)29(23-41(40)20-19-25-9-3-1-4-10-25)21-26-15-17-28(18-16-26)27-11-5-2-6-12-27/h1-18,24,29,32,40H,19-23H2,(H,36,37)(H,38,39)/t29-,32-,41?/m0/s1. The van der Waals surface area contributed by atoms with Crippen LogP contribution in [-0.4, -0.2) is 40.2 Å². The Morgan fingerprint density at radius 1 is 0.762 bits per heavy atom. The van der Waals surface area contributed by atoms with Crippen LogP contribution in [0, 0.1) is 5.92 Å². The van der Waals surface area contributed by atoms with Crippen molar-refractivity contribution in [3.63, 3.8) is 0 Å². The van der Waals surface area contributed by atoms with E-state index in [9.17, 15) is 19.6 Å². The third kappa shape index (κ3) is 7.92. The van der Waals surface area contributed by atoms with Gasteiger partial charge in [0.15, 0.2) is 0 Å². The molecule has 3 atom stereocenters. The molecule has 214 valence electrons. The Balaban J connectivity index is 1.31. The van der Waals surface area contributed by atoms with Crippen molar-refractivity contribution in [3.8, 4) is 11.1 Å². The Morgan fingerprint density at radius 3 is 2.12 bits per heavy atom. The maximum absolute atomic E-state index is 13.7. The van der Waals surface area contributed by atoms with Crippen molar-refractivity contribution < 1.29 is 19.6 Å². The minimum absolute atomic E-state index is 0.200. The van der Waals surface area contributed by atoms with Crippen LogP contribution in [0.15, 0.2) is 115 Å². The van der Waals surface area contributed by atoms with E-state index in [4.69, 9.17) is 0 Å². The van der Waals surface area contributed by atoms with E-state index in [1.807, 2.05) is 102 Å². The fourth-order valence-corrected chi connectivity index (χ4v) is 7.62. The Labute approximate surface area is 251 Å². The predicted octanol–water partition coefficient (Wildman–Crippen LogP) is 7.17. The maximum Gasteiger partial charge on any atom is 0.326 e. The first-order valence-electron chi connectivity index (χ1n) is 14.1. The summed E-state index contributed by atoms with van der Waals surface area (Å²) >= 11 is 1.57. The molecule has 1 amide bonds. The Bertz CT molecular complexity index is 1600. The molecule has 7 heteroatoms. The fourth-order valence-electron chi connectivity index (χ4n) is 5.14. The van der Waals surface area contributed by atoms with Crippen LogP contribution in [0.4, 0.5) is 0 Å². The molecule has 0 saturated heterocycles. The van der Waals surface area contributed by atoms with E-state index in [0.717, 1.165) is 44.3 Å². The SMILES string of the molecule is O=C(N[C@@H](Cc1csc2ccccc12)C(=O)O)[C@@H](Cc1ccc(-c2ccccc2)cc1)CP(O)CCc1ccccc1. The van der Waals surface area contributed by atoms with Gasteiger partial charge >= 0.3 is 5.97 Å². The molecule has 0 aliphatic carbocycles. The van der Waals surface area contributed by atoms with Gasteiger partial charge in [0.05, 0.1) is 0 Å². The van der Waals surface area contributed by atoms with E-state index in [2.05, 4.69) is 17.4 Å². The number of aliphatic carboxylic acids is 1. The molecule has 5 nitrogen and oxygen atoms in total. The summed E-state index contributed by atoms with van der Waals surface area (Å²) in [6, 6.07) is 35.0. The first-order chi connectivity index (χ1) is 20.5. The number of nitrogens with one attached hydrogen (secondary N) is 1. The number of fused-ring (bicyclic) bond motifs is 1. The molecule has 0 saturated carbocycles. The summed E-state index contributed by atoms with van der Waals surface area (Å²) < 4.78 is 1.09. The normalized spacial score (nSPS) is 13.4. The first-order valence-corrected chi connectivity index (χ1v) is 16.6. The van der Waals surface area contributed by atoms with Gasteiger partial charge in [0, 0.05) is 31.3 Å². The Kier molecular flexibility index (Phi) is 10.1. The highest BCUT2D eigenvalue weighted by Crippen LogP contribution is 2.35. The molecule has 0 radical (unpaired) electrons. The largest absolute Gasteiger partial charge is 0.480 e. The first kappa shape index (κ1) is 29.7. The van der Waals surface area contributed by atoms with Gasteiger partial charge in [-0.3, -0.25) is 4.79 Å². The maximum atomic E-state index is 13.7. The minimum Gasteiger partial charge on any atom is -0.480 e. The van der Waals surface area contributed by atoms with Gasteiger partial charge in [-0.2, -0.15) is 0 Å². The molecule has 1 unspecified atom stereocenters. The van der Waals surface area contributed by atoms with E-state index in [1.165, 1.54) is 0 Å². The number of rotatable bonds is 13. The zero-order valence-electron chi connectivity index (χ0n) is 23.2. The number of aryl methyl sites for hydroxylation is 1. The summed E-state index contributed by atoms with van der Waals surface area (Å²) in [7, 11) is -1.43. The molecule has 0 spiro atoms. The number of hydrogen-bond acceptors (Lipinski definition) is 4. The molecule has 5 rings (SSSR count). The monoisotopic (exact) mass is 595 g/mol. The molecular formula is C35H34NO4PS. The van der Waals surface area contributed by atoms with Gasteiger partial charge in [0.1, 0.15) is 6.04 Å². The van der Waals surface area contributed by atoms with Crippen molar-refractivity contribution >= 4 is 41.4 Å². The summed E-state index contributed by atoms with van der Waals surface area (Å²) in [5.74, 6) is -1.96. The lowest BCUT2D eigenvalue weighted by Crippen LogP contribution is -2.46. The van der Waals surface area contributed by atoms with Gasteiger partial charge in [-0.1, -0.05) is 103 Å². The molecule has 0 fully saturated rings. The van der Waals surface area contributed by atoms with Gasteiger partial charge in [0.25, 0.3) is 0 Å². The van der Waals surface area contributed by atoms with Gasteiger partial charge in [0.2, 0.25) is 5.91 Å². The fraction of sp³-hybridized carbons (Fsp3) is 0.200. The summed E-state index contributed by atoms with van der Waals surface area (Å²) in [6.07, 6.45) is 2.23. The number of carbonyl (C=O) groups excluding carboxylic acids is 1. The molecule has 4 aromatic carbocycles. The van der Waals surface area contributed by atoms with Crippen molar-refractivity contribution in [1.29, 1.82) is 0 Å². The number of hydrogen-bond donors (Lipinski definition) is 3. The van der Waals surface area contributed by atoms with Crippen LogP contribution in [0.25, 0.3) is 21.2 Å². The van der Waals surface area contributed by atoms with E-state index in [-0.39, 0.29) is 12.3 Å². The van der Waals surface area contributed by atoms with Gasteiger partial charge in [-0.05, 0) is 63.7 Å². The van der Waals surface area contributed by atoms with Gasteiger partial charge in [-0.25, -0.2) is 4.79 Å². The number of thiophene rings is 1. The molecule has 1 aromatic heterocycles. The van der Waals surface area contributed by atoms with E-state index in [0.29, 0.717) is 18.7 Å². The summed E-state index contributed by atoms with van der Waals surface area (Å²) in [5, 5.41) is 15.8. The Morgan fingerprint density at radius 2 is 1.40 bits per heavy atom. The van der Waals surface area contributed by atoms with Crippen molar-refractivity contribution in [2.24, 2.45) is 5.92 Å². The van der Waals surface area contributed by atoms with Crippen molar-refractivity contribution in [3.05, 3.63) is 131 Å². The number of carboxylic acid groups (broad SMARTS) is 1. The molecule has 0 aliphatic heterocycles. The van der Waals surface area contributed by atoms with Crippen LogP contribution in [0.2, 0.25) is 0 Å². The van der Waals surface area contributed by atoms with Crippen LogP contribution in [0.5, 0.6) is 0 Å². The van der Waals surface area contributed by atoms with Gasteiger partial charge in [-0.15, -0.1) is 11.3 Å². The smallest absolute Gasteiger partial charge is 0.326 e. The third-order valence-electron chi connectivity index (χ3n) is 7.45. The molecule has 3 N–H and O–H groups in total. The van der Waals surface area contributed by atoms with Crippen LogP contribution < -0.4 is 5.32 Å². The summed E-state index contributed by atoms with van der Waals surface area (Å²) in [6.45, 7) is 0. The summed E-state index contributed by atoms with van der Waals surface area (Å²) in [5.41, 5.74) is 5.22. The van der Waals surface area contributed by atoms with E-state index < -0.39 is 26.1 Å². The van der Waals surface area contributed by atoms with Crippen LogP contribution in [0.1, 0.15) is 16.7 Å². The highest BCUT2D eigenvalue weighted by Gasteiger charge is 2.28. The Hall–Kier alpha value is -3.83. The van der Waals surface area contributed by atoms with Crippen molar-refractivity contribution in [1.82, 2.24) is 5.32 Å². The second-order valence-electron chi connectivity index (χ2n) is 10.5. The summed E-state index contributed by atoms with van der Waals surface area (Å²) in [4.78, 5) is 37.0. The number of amides is 1. The number of carbonyl (C=O) groups is 2.